The van der Waals surface area contributed by atoms with Crippen molar-refractivity contribution in [3.8, 4) is 5.75 Å². The molecule has 0 saturated carbocycles. The Bertz CT molecular complexity index is 1030. The van der Waals surface area contributed by atoms with Gasteiger partial charge in [0.15, 0.2) is 0 Å². The molecule has 0 spiro atoms. The zero-order valence-electron chi connectivity index (χ0n) is 18.8. The fraction of sp³-hybridized carbons (Fsp3) is 0.296. The molecule has 0 bridgehead atoms. The van der Waals surface area contributed by atoms with Crippen molar-refractivity contribution in [2.24, 2.45) is 0 Å². The molecule has 0 N–H and O–H groups in total. The maximum absolute atomic E-state index is 11.7. The van der Waals surface area contributed by atoms with Crippen LogP contribution in [0.2, 0.25) is 5.02 Å². The first-order valence-electron chi connectivity index (χ1n) is 11.2. The highest BCUT2D eigenvalue weighted by molar-refractivity contribution is 6.30. The molecule has 5 nitrogen and oxygen atoms in total. The van der Waals surface area contributed by atoms with Gasteiger partial charge in [0.05, 0.1) is 18.7 Å². The largest absolute Gasteiger partial charge is 0.492 e. The lowest BCUT2D eigenvalue weighted by atomic mass is 9.96. The molecule has 1 heterocycles. The lowest BCUT2D eigenvalue weighted by molar-refractivity contribution is 0.0600. The standard InChI is InChI=1S/C27H29ClN2O3/c1-32-27(31)23-8-5-9-25(20-23)33-19-18-29-14-16-30(17-15-29)26(21-6-3-2-4-7-21)22-10-12-24(28)13-11-22/h2-13,20,26H,14-19H2,1H3. The summed E-state index contributed by atoms with van der Waals surface area (Å²) in [5.74, 6) is 0.327. The average molecular weight is 465 g/mol. The Labute approximate surface area is 200 Å². The minimum absolute atomic E-state index is 0.211. The molecule has 1 aliphatic heterocycles. The second-order valence-electron chi connectivity index (χ2n) is 8.11. The highest BCUT2D eigenvalue weighted by atomic mass is 35.5. The van der Waals surface area contributed by atoms with Crippen molar-refractivity contribution < 1.29 is 14.3 Å². The minimum atomic E-state index is -0.356. The number of piperazine rings is 1. The molecule has 1 unspecified atom stereocenters. The number of nitrogens with zero attached hydrogens (tertiary/aromatic N) is 2. The maximum Gasteiger partial charge on any atom is 0.337 e. The number of benzene rings is 3. The molecule has 1 aliphatic rings. The van der Waals surface area contributed by atoms with Crippen molar-refractivity contribution in [3.05, 3.63) is 101 Å². The smallest absolute Gasteiger partial charge is 0.337 e. The van der Waals surface area contributed by atoms with Crippen LogP contribution in [0.3, 0.4) is 0 Å². The molecular weight excluding hydrogens is 436 g/mol. The van der Waals surface area contributed by atoms with Gasteiger partial charge in [-0.1, -0.05) is 60.1 Å². The molecule has 33 heavy (non-hydrogen) atoms. The first-order valence-corrected chi connectivity index (χ1v) is 11.6. The highest BCUT2D eigenvalue weighted by Crippen LogP contribution is 2.30. The van der Waals surface area contributed by atoms with Gasteiger partial charge in [-0.2, -0.15) is 0 Å². The quantitative estimate of drug-likeness (QED) is 0.443. The molecule has 1 saturated heterocycles. The summed E-state index contributed by atoms with van der Waals surface area (Å²) in [4.78, 5) is 16.7. The van der Waals surface area contributed by atoms with Crippen LogP contribution >= 0.6 is 11.6 Å². The Kier molecular flexibility index (Phi) is 8.00. The lowest BCUT2D eigenvalue weighted by Gasteiger charge is -2.39. The topological polar surface area (TPSA) is 42.0 Å². The average Bonchev–Trinajstić information content (AvgIpc) is 2.87. The zero-order chi connectivity index (χ0) is 23.0. The van der Waals surface area contributed by atoms with Crippen molar-refractivity contribution in [1.29, 1.82) is 0 Å². The summed E-state index contributed by atoms with van der Waals surface area (Å²) in [6, 6.07) is 26.2. The van der Waals surface area contributed by atoms with Crippen LogP contribution < -0.4 is 4.74 Å². The third-order valence-corrected chi connectivity index (χ3v) is 6.26. The third kappa shape index (κ3) is 6.14. The van der Waals surface area contributed by atoms with Gasteiger partial charge in [0.2, 0.25) is 0 Å². The van der Waals surface area contributed by atoms with Crippen molar-refractivity contribution in [2.75, 3.05) is 46.4 Å². The van der Waals surface area contributed by atoms with Gasteiger partial charge in [-0.25, -0.2) is 4.79 Å². The maximum atomic E-state index is 11.7. The van der Waals surface area contributed by atoms with Gasteiger partial charge >= 0.3 is 5.97 Å². The van der Waals surface area contributed by atoms with Crippen molar-refractivity contribution in [1.82, 2.24) is 9.80 Å². The van der Waals surface area contributed by atoms with Crippen LogP contribution in [0.25, 0.3) is 0 Å². The van der Waals surface area contributed by atoms with E-state index >= 15 is 0 Å². The van der Waals surface area contributed by atoms with Gasteiger partial charge in [0.1, 0.15) is 12.4 Å². The van der Waals surface area contributed by atoms with Gasteiger partial charge in [0, 0.05) is 37.7 Å². The van der Waals surface area contributed by atoms with Gasteiger partial charge in [-0.3, -0.25) is 9.80 Å². The van der Waals surface area contributed by atoms with Crippen LogP contribution in [-0.2, 0) is 4.74 Å². The Morgan fingerprint density at radius 1 is 0.909 bits per heavy atom. The van der Waals surface area contributed by atoms with E-state index in [1.165, 1.54) is 18.2 Å². The van der Waals surface area contributed by atoms with Crippen LogP contribution in [0.5, 0.6) is 5.75 Å². The number of halogens is 1. The number of ether oxygens (including phenoxy) is 2. The van der Waals surface area contributed by atoms with E-state index in [1.54, 1.807) is 18.2 Å². The number of rotatable bonds is 8. The number of hydrogen-bond donors (Lipinski definition) is 0. The van der Waals surface area contributed by atoms with E-state index in [4.69, 9.17) is 21.1 Å². The molecule has 3 aromatic carbocycles. The first-order chi connectivity index (χ1) is 16.1. The van der Waals surface area contributed by atoms with E-state index in [-0.39, 0.29) is 12.0 Å². The van der Waals surface area contributed by atoms with Crippen LogP contribution in [0.1, 0.15) is 27.5 Å². The fourth-order valence-electron chi connectivity index (χ4n) is 4.26. The summed E-state index contributed by atoms with van der Waals surface area (Å²) in [6.45, 7) is 5.31. The van der Waals surface area contributed by atoms with Crippen LogP contribution in [0.4, 0.5) is 0 Å². The zero-order valence-corrected chi connectivity index (χ0v) is 19.6. The summed E-state index contributed by atoms with van der Waals surface area (Å²) < 4.78 is 10.7. The van der Waals surface area contributed by atoms with E-state index in [1.807, 2.05) is 18.2 Å². The van der Waals surface area contributed by atoms with E-state index in [9.17, 15) is 4.79 Å². The van der Waals surface area contributed by atoms with Crippen molar-refractivity contribution in [2.45, 2.75) is 6.04 Å². The molecule has 4 rings (SSSR count). The molecule has 0 radical (unpaired) electrons. The molecule has 0 aromatic heterocycles. The number of carbonyl (C=O) groups excluding carboxylic acids is 1. The second-order valence-corrected chi connectivity index (χ2v) is 8.55. The van der Waals surface area contributed by atoms with Gasteiger partial charge in [-0.05, 0) is 41.5 Å². The second kappa shape index (κ2) is 11.3. The number of hydrogen-bond acceptors (Lipinski definition) is 5. The first kappa shape index (κ1) is 23.3. The number of esters is 1. The molecule has 0 amide bonds. The van der Waals surface area contributed by atoms with Crippen molar-refractivity contribution >= 4 is 17.6 Å². The Morgan fingerprint density at radius 3 is 2.30 bits per heavy atom. The number of methoxy groups -OCH3 is 1. The molecule has 6 heteroatoms. The summed E-state index contributed by atoms with van der Waals surface area (Å²) in [7, 11) is 1.38. The third-order valence-electron chi connectivity index (χ3n) is 6.00. The van der Waals surface area contributed by atoms with Crippen LogP contribution in [-0.4, -0.2) is 62.2 Å². The van der Waals surface area contributed by atoms with Gasteiger partial charge in [0.25, 0.3) is 0 Å². The van der Waals surface area contributed by atoms with E-state index < -0.39 is 0 Å². The summed E-state index contributed by atoms with van der Waals surface area (Å²) in [5, 5.41) is 0.757. The van der Waals surface area contributed by atoms with Crippen LogP contribution in [0.15, 0.2) is 78.9 Å². The normalized spacial score (nSPS) is 15.7. The van der Waals surface area contributed by atoms with E-state index in [0.29, 0.717) is 17.9 Å². The summed E-state index contributed by atoms with van der Waals surface area (Å²) in [6.07, 6.45) is 0. The van der Waals surface area contributed by atoms with E-state index in [0.717, 1.165) is 37.7 Å². The van der Waals surface area contributed by atoms with Gasteiger partial charge in [-0.15, -0.1) is 0 Å². The van der Waals surface area contributed by atoms with Gasteiger partial charge < -0.3 is 9.47 Å². The number of carbonyl (C=O) groups is 1. The van der Waals surface area contributed by atoms with Crippen molar-refractivity contribution in [3.63, 3.8) is 0 Å². The predicted molar refractivity (Wildman–Crippen MR) is 131 cm³/mol. The highest BCUT2D eigenvalue weighted by Gasteiger charge is 2.26. The Hall–Kier alpha value is -2.86. The van der Waals surface area contributed by atoms with Crippen LogP contribution in [0, 0.1) is 0 Å². The molecule has 3 aromatic rings. The summed E-state index contributed by atoms with van der Waals surface area (Å²) in [5.41, 5.74) is 3.05. The Morgan fingerprint density at radius 2 is 1.61 bits per heavy atom. The molecule has 1 fully saturated rings. The monoisotopic (exact) mass is 464 g/mol. The Balaban J connectivity index is 1.33. The molecule has 0 aliphatic carbocycles. The molecular formula is C27H29ClN2O3. The SMILES string of the molecule is COC(=O)c1cccc(OCCN2CCN(C(c3ccccc3)c3ccc(Cl)cc3)CC2)c1. The molecule has 1 atom stereocenters. The minimum Gasteiger partial charge on any atom is -0.492 e. The lowest BCUT2D eigenvalue weighted by Crippen LogP contribution is -2.48. The summed E-state index contributed by atoms with van der Waals surface area (Å²) >= 11 is 6.14. The van der Waals surface area contributed by atoms with E-state index in [2.05, 4.69) is 52.3 Å². The fourth-order valence-corrected chi connectivity index (χ4v) is 4.39. The predicted octanol–water partition coefficient (Wildman–Crippen LogP) is 4.91. The molecule has 172 valence electrons.